The van der Waals surface area contributed by atoms with Gasteiger partial charge in [-0.15, -0.1) is 0 Å². The summed E-state index contributed by atoms with van der Waals surface area (Å²) in [6.45, 7) is 6.64. The molecule has 0 aliphatic carbocycles. The molecule has 0 radical (unpaired) electrons. The van der Waals surface area contributed by atoms with Crippen molar-refractivity contribution in [2.24, 2.45) is 0 Å². The highest BCUT2D eigenvalue weighted by Gasteiger charge is 2.04. The lowest BCUT2D eigenvalue weighted by molar-refractivity contribution is -0.762. The Balaban J connectivity index is 3.45. The van der Waals surface area contributed by atoms with E-state index < -0.39 is 12.5 Å². The molecule has 2 unspecified atom stereocenters. The molecule has 52 valence electrons. The molecule has 0 aromatic heterocycles. The lowest BCUT2D eigenvalue weighted by Gasteiger charge is -2.06. The van der Waals surface area contributed by atoms with Gasteiger partial charge in [0.15, 0.2) is 0 Å². The van der Waals surface area contributed by atoms with Gasteiger partial charge >= 0.3 is 0 Å². The van der Waals surface area contributed by atoms with Gasteiger partial charge in [-0.1, -0.05) is 13.2 Å². The summed E-state index contributed by atoms with van der Waals surface area (Å²) in [5, 5.41) is 18.9. The van der Waals surface area contributed by atoms with Crippen LogP contribution in [0.5, 0.6) is 0 Å². The van der Waals surface area contributed by atoms with Crippen molar-refractivity contribution in [3.8, 4) is 0 Å². The number of hydrogen-bond acceptors (Lipinski definition) is 2. The van der Waals surface area contributed by atoms with E-state index in [0.717, 1.165) is 0 Å². The highest BCUT2D eigenvalue weighted by molar-refractivity contribution is 4.71. The normalized spacial score (nSPS) is 16.2. The third-order valence-corrected chi connectivity index (χ3v) is 0.877. The standard InChI is InChI=1S/C6H11NO2/c1-3-5(8)7-6(9)4-2/h3-9H,1-2H2/p+1. The smallest absolute Gasteiger partial charge is 0.209 e. The van der Waals surface area contributed by atoms with Gasteiger partial charge in [0.2, 0.25) is 12.5 Å². The fourth-order valence-electron chi connectivity index (χ4n) is 0.359. The molecule has 0 amide bonds. The van der Waals surface area contributed by atoms with Gasteiger partial charge in [0, 0.05) is 0 Å². The Kier molecular flexibility index (Phi) is 3.96. The van der Waals surface area contributed by atoms with Gasteiger partial charge in [-0.05, 0) is 12.2 Å². The van der Waals surface area contributed by atoms with E-state index in [1.54, 1.807) is 0 Å². The van der Waals surface area contributed by atoms with Crippen LogP contribution in [0.2, 0.25) is 0 Å². The molecule has 2 atom stereocenters. The lowest BCUT2D eigenvalue weighted by Crippen LogP contribution is -2.94. The second-order valence-electron chi connectivity index (χ2n) is 1.65. The SMILES string of the molecule is C=CC(O)[NH2+]C(O)C=C. The fraction of sp³-hybridized carbons (Fsp3) is 0.333. The summed E-state index contributed by atoms with van der Waals surface area (Å²) in [5.41, 5.74) is 0. The lowest BCUT2D eigenvalue weighted by atomic mass is 10.5. The van der Waals surface area contributed by atoms with E-state index in [9.17, 15) is 0 Å². The maximum Gasteiger partial charge on any atom is 0.209 e. The Hall–Kier alpha value is -0.640. The summed E-state index contributed by atoms with van der Waals surface area (Å²) < 4.78 is 0. The summed E-state index contributed by atoms with van der Waals surface area (Å²) in [4.78, 5) is 0. The molecule has 4 N–H and O–H groups in total. The molecule has 0 heterocycles. The number of quaternary nitrogens is 1. The third-order valence-electron chi connectivity index (χ3n) is 0.877. The molecule has 0 bridgehead atoms. The van der Waals surface area contributed by atoms with E-state index in [1.807, 2.05) is 0 Å². The van der Waals surface area contributed by atoms with Crippen LogP contribution in [0.3, 0.4) is 0 Å². The molecule has 0 saturated carbocycles. The predicted molar refractivity (Wildman–Crippen MR) is 34.3 cm³/mol. The molecule has 0 rings (SSSR count). The van der Waals surface area contributed by atoms with E-state index in [-0.39, 0.29) is 0 Å². The topological polar surface area (TPSA) is 57.1 Å². The minimum absolute atomic E-state index is 0.752. The Morgan fingerprint density at radius 3 is 1.67 bits per heavy atom. The van der Waals surface area contributed by atoms with Crippen LogP contribution in [0, 0.1) is 0 Å². The number of hydrogen-bond donors (Lipinski definition) is 3. The van der Waals surface area contributed by atoms with Crippen molar-refractivity contribution in [1.29, 1.82) is 0 Å². The van der Waals surface area contributed by atoms with E-state index >= 15 is 0 Å². The molecule has 3 nitrogen and oxygen atoms in total. The van der Waals surface area contributed by atoms with Crippen molar-refractivity contribution in [2.45, 2.75) is 12.5 Å². The third kappa shape index (κ3) is 3.90. The van der Waals surface area contributed by atoms with Crippen molar-refractivity contribution in [2.75, 3.05) is 0 Å². The average Bonchev–Trinajstić information content (AvgIpc) is 1.87. The first-order valence-electron chi connectivity index (χ1n) is 2.67. The van der Waals surface area contributed by atoms with Gasteiger partial charge in [-0.25, -0.2) is 0 Å². The van der Waals surface area contributed by atoms with Crippen LogP contribution in [0.25, 0.3) is 0 Å². The quantitative estimate of drug-likeness (QED) is 0.322. The predicted octanol–water partition coefficient (Wildman–Crippen LogP) is -1.44. The Morgan fingerprint density at radius 2 is 1.44 bits per heavy atom. The van der Waals surface area contributed by atoms with E-state index in [1.165, 1.54) is 17.5 Å². The Bertz CT molecular complexity index is 91.2. The zero-order valence-corrected chi connectivity index (χ0v) is 5.20. The number of nitrogens with two attached hydrogens (primary N) is 1. The van der Waals surface area contributed by atoms with Gasteiger partial charge in [0.05, 0.1) is 0 Å². The van der Waals surface area contributed by atoms with E-state index in [0.29, 0.717) is 0 Å². The maximum absolute atomic E-state index is 8.78. The van der Waals surface area contributed by atoms with Gasteiger partial charge < -0.3 is 10.2 Å². The molecular weight excluding hydrogens is 118 g/mol. The van der Waals surface area contributed by atoms with Crippen LogP contribution in [-0.4, -0.2) is 22.7 Å². The summed E-state index contributed by atoms with van der Waals surface area (Å²) in [5.74, 6) is 0. The van der Waals surface area contributed by atoms with Gasteiger partial charge in [-0.3, -0.25) is 5.32 Å². The highest BCUT2D eigenvalue weighted by atomic mass is 16.3. The van der Waals surface area contributed by atoms with Crippen molar-refractivity contribution in [1.82, 2.24) is 0 Å². The zero-order valence-electron chi connectivity index (χ0n) is 5.20. The first-order valence-corrected chi connectivity index (χ1v) is 2.67. The van der Waals surface area contributed by atoms with Crippen molar-refractivity contribution >= 4 is 0 Å². The van der Waals surface area contributed by atoms with E-state index in [2.05, 4.69) is 13.2 Å². The van der Waals surface area contributed by atoms with Crippen LogP contribution in [0.15, 0.2) is 25.3 Å². The maximum atomic E-state index is 8.78. The van der Waals surface area contributed by atoms with Crippen LogP contribution in [0.1, 0.15) is 0 Å². The van der Waals surface area contributed by atoms with Crippen molar-refractivity contribution in [3.05, 3.63) is 25.3 Å². The van der Waals surface area contributed by atoms with Gasteiger partial charge in [0.25, 0.3) is 0 Å². The van der Waals surface area contributed by atoms with E-state index in [4.69, 9.17) is 10.2 Å². The number of aliphatic hydroxyl groups is 2. The number of aliphatic hydroxyl groups excluding tert-OH is 2. The Morgan fingerprint density at radius 1 is 1.11 bits per heavy atom. The van der Waals surface area contributed by atoms with Crippen LogP contribution in [-0.2, 0) is 0 Å². The van der Waals surface area contributed by atoms with Crippen LogP contribution < -0.4 is 5.32 Å². The van der Waals surface area contributed by atoms with Crippen molar-refractivity contribution in [3.63, 3.8) is 0 Å². The summed E-state index contributed by atoms with van der Waals surface area (Å²) in [6.07, 6.45) is 1.15. The second kappa shape index (κ2) is 4.26. The molecule has 0 aliphatic rings. The molecule has 0 aliphatic heterocycles. The fourth-order valence-corrected chi connectivity index (χ4v) is 0.359. The van der Waals surface area contributed by atoms with Crippen LogP contribution in [0.4, 0.5) is 0 Å². The minimum atomic E-state index is -0.752. The van der Waals surface area contributed by atoms with Crippen molar-refractivity contribution < 1.29 is 15.5 Å². The molecule has 0 aromatic rings. The summed E-state index contributed by atoms with van der Waals surface area (Å²) in [7, 11) is 0. The first kappa shape index (κ1) is 8.36. The summed E-state index contributed by atoms with van der Waals surface area (Å²) >= 11 is 0. The zero-order chi connectivity index (χ0) is 7.28. The molecule has 0 fully saturated rings. The van der Waals surface area contributed by atoms with Crippen LogP contribution >= 0.6 is 0 Å². The average molecular weight is 130 g/mol. The molecule has 0 saturated heterocycles. The molecule has 0 aromatic carbocycles. The van der Waals surface area contributed by atoms with Gasteiger partial charge in [0.1, 0.15) is 0 Å². The van der Waals surface area contributed by atoms with Gasteiger partial charge in [-0.2, -0.15) is 0 Å². The molecule has 0 spiro atoms. The molecule has 9 heavy (non-hydrogen) atoms. The largest absolute Gasteiger partial charge is 0.341 e. The molecular formula is C6H12NO2+. The highest BCUT2D eigenvalue weighted by Crippen LogP contribution is 1.69. The summed E-state index contributed by atoms with van der Waals surface area (Å²) in [6, 6.07) is 0. The molecule has 3 heteroatoms. The minimum Gasteiger partial charge on any atom is -0.341 e. The second-order valence-corrected chi connectivity index (χ2v) is 1.65. The number of rotatable bonds is 4. The first-order chi connectivity index (χ1) is 4.20. The monoisotopic (exact) mass is 130 g/mol. The Labute approximate surface area is 54.3 Å².